The topological polar surface area (TPSA) is 41.0 Å². The number of nitrogens with one attached hydrogen (secondary N) is 1. The molecule has 0 aromatic carbocycles. The molecule has 2 aromatic rings. The molecule has 0 radical (unpaired) electrons. The van der Waals surface area contributed by atoms with E-state index in [4.69, 9.17) is 11.6 Å². The van der Waals surface area contributed by atoms with Gasteiger partial charge in [0.05, 0.1) is 0 Å². The monoisotopic (exact) mass is 298 g/mol. The van der Waals surface area contributed by atoms with Gasteiger partial charge in [-0.05, 0) is 26.1 Å². The molecule has 4 nitrogen and oxygen atoms in total. The number of halogens is 1. The zero-order valence-electron chi connectivity index (χ0n) is 11.5. The number of nitrogens with zero attached hydrogens (tertiary/aromatic N) is 3. The first kappa shape index (κ1) is 14.5. The van der Waals surface area contributed by atoms with Crippen molar-refractivity contribution in [2.45, 2.75) is 20.8 Å². The summed E-state index contributed by atoms with van der Waals surface area (Å²) >= 11 is 7.82. The summed E-state index contributed by atoms with van der Waals surface area (Å²) in [6, 6.07) is 2.03. The van der Waals surface area contributed by atoms with Crippen molar-refractivity contribution in [3.8, 4) is 0 Å². The number of anilines is 1. The Morgan fingerprint density at radius 3 is 2.74 bits per heavy atom. The van der Waals surface area contributed by atoms with Crippen LogP contribution in [0.5, 0.6) is 0 Å². The first-order valence-corrected chi connectivity index (χ1v) is 7.73. The molecule has 0 aliphatic carbocycles. The van der Waals surface area contributed by atoms with Gasteiger partial charge in [0.25, 0.3) is 0 Å². The molecule has 0 fully saturated rings. The van der Waals surface area contributed by atoms with Gasteiger partial charge in [-0.2, -0.15) is 0 Å². The van der Waals surface area contributed by atoms with Crippen LogP contribution in [0.1, 0.15) is 18.7 Å². The molecule has 0 spiro atoms. The number of aryl methyl sites for hydroxylation is 1. The molecule has 104 valence electrons. The summed E-state index contributed by atoms with van der Waals surface area (Å²) in [5.74, 6) is 0.617. The Morgan fingerprint density at radius 2 is 2.05 bits per heavy atom. The SMILES string of the molecule is CCN(CC)CCNc1nc(Cl)c2cc(C)sc2n1. The van der Waals surface area contributed by atoms with Crippen molar-refractivity contribution in [3.05, 3.63) is 16.1 Å². The number of fused-ring (bicyclic) bond motifs is 1. The summed E-state index contributed by atoms with van der Waals surface area (Å²) in [6.07, 6.45) is 0. The lowest BCUT2D eigenvalue weighted by atomic mass is 10.4. The Hall–Kier alpha value is -0.910. The molecule has 0 aliphatic heterocycles. The van der Waals surface area contributed by atoms with E-state index in [-0.39, 0.29) is 0 Å². The fraction of sp³-hybridized carbons (Fsp3) is 0.538. The molecule has 2 aromatic heterocycles. The van der Waals surface area contributed by atoms with Crippen LogP contribution in [0.25, 0.3) is 10.2 Å². The average Bonchev–Trinajstić information content (AvgIpc) is 2.76. The highest BCUT2D eigenvalue weighted by atomic mass is 35.5. The van der Waals surface area contributed by atoms with Crippen LogP contribution >= 0.6 is 22.9 Å². The molecule has 0 bridgehead atoms. The third-order valence-electron chi connectivity index (χ3n) is 3.08. The minimum Gasteiger partial charge on any atom is -0.353 e. The molecule has 1 N–H and O–H groups in total. The Morgan fingerprint density at radius 1 is 1.32 bits per heavy atom. The van der Waals surface area contributed by atoms with E-state index in [1.807, 2.05) is 6.07 Å². The van der Waals surface area contributed by atoms with Crippen molar-refractivity contribution >= 4 is 39.1 Å². The highest BCUT2D eigenvalue weighted by Crippen LogP contribution is 2.29. The van der Waals surface area contributed by atoms with E-state index in [0.29, 0.717) is 11.1 Å². The van der Waals surface area contributed by atoms with Gasteiger partial charge in [0.15, 0.2) is 0 Å². The summed E-state index contributed by atoms with van der Waals surface area (Å²) in [5, 5.41) is 4.71. The summed E-state index contributed by atoms with van der Waals surface area (Å²) in [4.78, 5) is 13.3. The van der Waals surface area contributed by atoms with Crippen molar-refractivity contribution < 1.29 is 0 Å². The summed E-state index contributed by atoms with van der Waals surface area (Å²) in [6.45, 7) is 10.3. The highest BCUT2D eigenvalue weighted by molar-refractivity contribution is 7.18. The third kappa shape index (κ3) is 3.55. The highest BCUT2D eigenvalue weighted by Gasteiger charge is 2.08. The smallest absolute Gasteiger partial charge is 0.225 e. The van der Waals surface area contributed by atoms with Gasteiger partial charge in [0, 0.05) is 23.4 Å². The lowest BCUT2D eigenvalue weighted by Gasteiger charge is -2.17. The maximum Gasteiger partial charge on any atom is 0.225 e. The summed E-state index contributed by atoms with van der Waals surface area (Å²) in [5.41, 5.74) is 0. The molecule has 0 saturated heterocycles. The van der Waals surface area contributed by atoms with E-state index in [9.17, 15) is 0 Å². The van der Waals surface area contributed by atoms with Crippen LogP contribution in [-0.4, -0.2) is 41.0 Å². The molecule has 0 aliphatic rings. The maximum absolute atomic E-state index is 6.18. The van der Waals surface area contributed by atoms with Crippen LogP contribution in [-0.2, 0) is 0 Å². The van der Waals surface area contributed by atoms with Gasteiger partial charge in [0.1, 0.15) is 9.98 Å². The lowest BCUT2D eigenvalue weighted by molar-refractivity contribution is 0.316. The van der Waals surface area contributed by atoms with Crippen molar-refractivity contribution in [1.29, 1.82) is 0 Å². The minimum absolute atomic E-state index is 0.527. The zero-order valence-corrected chi connectivity index (χ0v) is 13.1. The van der Waals surface area contributed by atoms with Gasteiger partial charge in [-0.1, -0.05) is 25.4 Å². The van der Waals surface area contributed by atoms with E-state index >= 15 is 0 Å². The molecular formula is C13H19ClN4S. The Bertz CT molecular complexity index is 551. The largest absolute Gasteiger partial charge is 0.353 e. The number of likely N-dealkylation sites (N-methyl/N-ethyl adjacent to an activating group) is 1. The van der Waals surface area contributed by atoms with E-state index in [0.717, 1.165) is 36.4 Å². The molecular weight excluding hydrogens is 280 g/mol. The number of hydrogen-bond donors (Lipinski definition) is 1. The van der Waals surface area contributed by atoms with Crippen LogP contribution < -0.4 is 5.32 Å². The first-order valence-electron chi connectivity index (χ1n) is 6.54. The van der Waals surface area contributed by atoms with Crippen LogP contribution in [0.4, 0.5) is 5.95 Å². The quantitative estimate of drug-likeness (QED) is 0.830. The van der Waals surface area contributed by atoms with Crippen LogP contribution in [0, 0.1) is 6.92 Å². The molecule has 19 heavy (non-hydrogen) atoms. The Kier molecular flexibility index (Phi) is 4.96. The number of aromatic nitrogens is 2. The molecule has 6 heteroatoms. The first-order chi connectivity index (χ1) is 9.13. The van der Waals surface area contributed by atoms with Gasteiger partial charge in [-0.3, -0.25) is 0 Å². The van der Waals surface area contributed by atoms with Crippen LogP contribution in [0.3, 0.4) is 0 Å². The molecule has 0 amide bonds. The van der Waals surface area contributed by atoms with Gasteiger partial charge in [0.2, 0.25) is 5.95 Å². The Labute approximate surface area is 122 Å². The fourth-order valence-corrected chi connectivity index (χ4v) is 3.11. The Balaban J connectivity index is 2.05. The van der Waals surface area contributed by atoms with Crippen molar-refractivity contribution in [2.24, 2.45) is 0 Å². The zero-order chi connectivity index (χ0) is 13.8. The molecule has 0 saturated carbocycles. The van der Waals surface area contributed by atoms with Gasteiger partial charge < -0.3 is 10.2 Å². The summed E-state index contributed by atoms with van der Waals surface area (Å²) in [7, 11) is 0. The second kappa shape index (κ2) is 6.50. The average molecular weight is 299 g/mol. The fourth-order valence-electron chi connectivity index (χ4n) is 1.95. The third-order valence-corrected chi connectivity index (χ3v) is 4.31. The maximum atomic E-state index is 6.18. The number of thiophene rings is 1. The minimum atomic E-state index is 0.527. The number of rotatable bonds is 6. The standard InChI is InChI=1S/C13H19ClN4S/c1-4-18(5-2)7-6-15-13-16-11(14)10-8-9(3)19-12(10)17-13/h8H,4-7H2,1-3H3,(H,15,16,17). The normalized spacial score (nSPS) is 11.4. The molecule has 0 unspecified atom stereocenters. The van der Waals surface area contributed by atoms with Crippen molar-refractivity contribution in [3.63, 3.8) is 0 Å². The van der Waals surface area contributed by atoms with Crippen molar-refractivity contribution in [1.82, 2.24) is 14.9 Å². The molecule has 2 rings (SSSR count). The second-order valence-electron chi connectivity index (χ2n) is 4.37. The predicted molar refractivity (Wildman–Crippen MR) is 83.4 cm³/mol. The lowest BCUT2D eigenvalue weighted by Crippen LogP contribution is -2.28. The van der Waals surface area contributed by atoms with E-state index in [2.05, 4.69) is 41.0 Å². The van der Waals surface area contributed by atoms with E-state index < -0.39 is 0 Å². The van der Waals surface area contributed by atoms with Gasteiger partial charge >= 0.3 is 0 Å². The predicted octanol–water partition coefficient (Wildman–Crippen LogP) is 3.41. The van der Waals surface area contributed by atoms with Crippen LogP contribution in [0.15, 0.2) is 6.07 Å². The summed E-state index contributed by atoms with van der Waals surface area (Å²) < 4.78 is 0. The van der Waals surface area contributed by atoms with Gasteiger partial charge in [-0.25, -0.2) is 9.97 Å². The molecule has 0 atom stereocenters. The molecule has 2 heterocycles. The van der Waals surface area contributed by atoms with E-state index in [1.165, 1.54) is 4.88 Å². The number of hydrogen-bond acceptors (Lipinski definition) is 5. The van der Waals surface area contributed by atoms with Crippen molar-refractivity contribution in [2.75, 3.05) is 31.5 Å². The van der Waals surface area contributed by atoms with Gasteiger partial charge in [-0.15, -0.1) is 11.3 Å². The second-order valence-corrected chi connectivity index (χ2v) is 5.96. The van der Waals surface area contributed by atoms with E-state index in [1.54, 1.807) is 11.3 Å². The van der Waals surface area contributed by atoms with Crippen LogP contribution in [0.2, 0.25) is 5.15 Å².